The number of aromatic nitrogens is 3. The van der Waals surface area contributed by atoms with Crippen LogP contribution in [0.25, 0.3) is 11.2 Å². The zero-order valence-corrected chi connectivity index (χ0v) is 20.0. The summed E-state index contributed by atoms with van der Waals surface area (Å²) in [6.45, 7) is 6.71. The fraction of sp³-hybridized carbons (Fsp3) is 0.259. The number of rotatable bonds is 8. The van der Waals surface area contributed by atoms with Gasteiger partial charge in [-0.1, -0.05) is 24.3 Å². The zero-order valence-electron chi connectivity index (χ0n) is 20.0. The minimum Gasteiger partial charge on any atom is -0.491 e. The lowest BCUT2D eigenvalue weighted by Crippen LogP contribution is -2.41. The molecule has 0 fully saturated rings. The van der Waals surface area contributed by atoms with Crippen LogP contribution in [0.4, 0.5) is 0 Å². The Hall–Kier alpha value is -4.20. The fourth-order valence-corrected chi connectivity index (χ4v) is 3.88. The Balaban J connectivity index is 1.47. The van der Waals surface area contributed by atoms with E-state index in [4.69, 9.17) is 4.74 Å². The van der Waals surface area contributed by atoms with E-state index in [9.17, 15) is 14.4 Å². The van der Waals surface area contributed by atoms with Gasteiger partial charge in [0.05, 0.1) is 18.2 Å². The molecule has 1 amide bonds. The highest BCUT2D eigenvalue weighted by molar-refractivity contribution is 5.94. The minimum atomic E-state index is -0.599. The van der Waals surface area contributed by atoms with Gasteiger partial charge in [-0.2, -0.15) is 0 Å². The Labute approximate surface area is 202 Å². The molecule has 0 aliphatic heterocycles. The normalized spacial score (nSPS) is 11.1. The third kappa shape index (κ3) is 5.32. The molecule has 0 unspecified atom stereocenters. The molecule has 180 valence electrons. The van der Waals surface area contributed by atoms with Crippen molar-refractivity contribution in [3.63, 3.8) is 0 Å². The third-order valence-corrected chi connectivity index (χ3v) is 5.61. The maximum Gasteiger partial charge on any atom is 0.318 e. The molecule has 0 aliphatic rings. The summed E-state index contributed by atoms with van der Waals surface area (Å²) in [4.78, 5) is 42.2. The summed E-state index contributed by atoms with van der Waals surface area (Å²) in [6, 6.07) is 18.1. The van der Waals surface area contributed by atoms with E-state index in [2.05, 4.69) is 10.3 Å². The largest absolute Gasteiger partial charge is 0.491 e. The summed E-state index contributed by atoms with van der Waals surface area (Å²) < 4.78 is 8.45. The van der Waals surface area contributed by atoms with Gasteiger partial charge < -0.3 is 10.1 Å². The summed E-state index contributed by atoms with van der Waals surface area (Å²) >= 11 is 0. The van der Waals surface area contributed by atoms with Gasteiger partial charge in [0.25, 0.3) is 5.91 Å². The van der Waals surface area contributed by atoms with Crippen LogP contribution in [-0.4, -0.2) is 26.1 Å². The maximum atomic E-state index is 12.8. The van der Waals surface area contributed by atoms with Gasteiger partial charge in [-0.05, 0) is 68.3 Å². The summed E-state index contributed by atoms with van der Waals surface area (Å²) in [5, 5.41) is 2.91. The Bertz CT molecular complexity index is 1450. The van der Waals surface area contributed by atoms with Crippen molar-refractivity contribution in [2.45, 2.75) is 46.5 Å². The van der Waals surface area contributed by atoms with E-state index >= 15 is 0 Å². The first-order valence-corrected chi connectivity index (χ1v) is 11.6. The van der Waals surface area contributed by atoms with Crippen molar-refractivity contribution in [3.05, 3.63) is 104 Å². The monoisotopic (exact) mass is 472 g/mol. The number of carbonyl (C=O) groups is 1. The van der Waals surface area contributed by atoms with Crippen LogP contribution in [0.15, 0.2) is 76.4 Å². The number of hydrogen-bond donors (Lipinski definition) is 1. The van der Waals surface area contributed by atoms with Gasteiger partial charge in [0, 0.05) is 24.8 Å². The van der Waals surface area contributed by atoms with Crippen LogP contribution in [-0.2, 0) is 19.6 Å². The highest BCUT2D eigenvalue weighted by atomic mass is 16.5. The van der Waals surface area contributed by atoms with Crippen LogP contribution in [0.3, 0.4) is 0 Å². The molecule has 0 atom stereocenters. The highest BCUT2D eigenvalue weighted by Gasteiger charge is 2.14. The van der Waals surface area contributed by atoms with E-state index in [0.29, 0.717) is 29.8 Å². The van der Waals surface area contributed by atoms with Crippen molar-refractivity contribution in [2.75, 3.05) is 0 Å². The van der Waals surface area contributed by atoms with Crippen molar-refractivity contribution in [1.29, 1.82) is 0 Å². The van der Waals surface area contributed by atoms with Crippen LogP contribution in [0, 0.1) is 0 Å². The molecule has 0 radical (unpaired) electrons. The first-order valence-electron chi connectivity index (χ1n) is 11.6. The first kappa shape index (κ1) is 23.9. The van der Waals surface area contributed by atoms with Gasteiger partial charge in [-0.3, -0.25) is 23.5 Å². The van der Waals surface area contributed by atoms with Crippen LogP contribution >= 0.6 is 0 Å². The SMILES string of the molecule is CCn1c(=O)c(=O)n(Cc2ccc(C(=O)NCc3ccc(OC(C)C)cc3)cc2)c2cccnc21. The lowest BCUT2D eigenvalue weighted by atomic mass is 10.1. The number of benzene rings is 2. The average molecular weight is 473 g/mol. The number of amides is 1. The van der Waals surface area contributed by atoms with Gasteiger partial charge in [-0.15, -0.1) is 0 Å². The Morgan fingerprint density at radius 2 is 1.60 bits per heavy atom. The number of ether oxygens (including phenoxy) is 1. The van der Waals surface area contributed by atoms with Crippen molar-refractivity contribution in [1.82, 2.24) is 19.4 Å². The lowest BCUT2D eigenvalue weighted by molar-refractivity contribution is 0.0951. The molecule has 2 heterocycles. The molecule has 0 saturated carbocycles. The molecule has 2 aromatic carbocycles. The quantitative estimate of drug-likeness (QED) is 0.397. The number of carbonyl (C=O) groups excluding carboxylic acids is 1. The molecule has 8 heteroatoms. The second-order valence-electron chi connectivity index (χ2n) is 8.48. The Kier molecular flexibility index (Phi) is 7.10. The lowest BCUT2D eigenvalue weighted by Gasteiger charge is -2.13. The van der Waals surface area contributed by atoms with Crippen LogP contribution in [0.5, 0.6) is 5.75 Å². The smallest absolute Gasteiger partial charge is 0.318 e. The van der Waals surface area contributed by atoms with E-state index in [0.717, 1.165) is 16.9 Å². The number of nitrogens with one attached hydrogen (secondary N) is 1. The zero-order chi connectivity index (χ0) is 24.9. The number of fused-ring (bicyclic) bond motifs is 1. The molecule has 35 heavy (non-hydrogen) atoms. The summed E-state index contributed by atoms with van der Waals surface area (Å²) in [5.41, 5.74) is 2.13. The number of hydrogen-bond acceptors (Lipinski definition) is 5. The first-order chi connectivity index (χ1) is 16.9. The summed E-state index contributed by atoms with van der Waals surface area (Å²) in [5.74, 6) is 0.594. The van der Waals surface area contributed by atoms with E-state index in [1.807, 2.05) is 38.1 Å². The van der Waals surface area contributed by atoms with Crippen molar-refractivity contribution < 1.29 is 9.53 Å². The summed E-state index contributed by atoms with van der Waals surface area (Å²) in [7, 11) is 0. The average Bonchev–Trinajstić information content (AvgIpc) is 2.86. The standard InChI is InChI=1S/C27H28N4O4/c1-4-30-24-23(6-5-15-28-24)31(27(34)26(30)33)17-20-7-11-21(12-8-20)25(32)29-16-19-9-13-22(14-10-19)35-18(2)3/h5-15,18H,4,16-17H2,1-3H3,(H,29,32). The number of nitrogens with zero attached hydrogens (tertiary/aromatic N) is 3. The minimum absolute atomic E-state index is 0.106. The Morgan fingerprint density at radius 3 is 2.26 bits per heavy atom. The second kappa shape index (κ2) is 10.4. The van der Waals surface area contributed by atoms with Gasteiger partial charge in [-0.25, -0.2) is 4.98 Å². The molecular formula is C27H28N4O4. The van der Waals surface area contributed by atoms with E-state index in [-0.39, 0.29) is 18.6 Å². The molecule has 4 aromatic rings. The molecule has 8 nitrogen and oxygen atoms in total. The van der Waals surface area contributed by atoms with Crippen LogP contribution < -0.4 is 21.2 Å². The van der Waals surface area contributed by atoms with E-state index in [1.54, 1.807) is 49.5 Å². The van der Waals surface area contributed by atoms with Crippen LogP contribution in [0.2, 0.25) is 0 Å². The van der Waals surface area contributed by atoms with Gasteiger partial charge >= 0.3 is 11.1 Å². The number of aryl methyl sites for hydroxylation is 1. The molecule has 2 aromatic heterocycles. The second-order valence-corrected chi connectivity index (χ2v) is 8.48. The molecule has 0 saturated heterocycles. The van der Waals surface area contributed by atoms with Crippen molar-refractivity contribution in [2.24, 2.45) is 0 Å². The Morgan fingerprint density at radius 1 is 0.943 bits per heavy atom. The van der Waals surface area contributed by atoms with E-state index < -0.39 is 11.1 Å². The van der Waals surface area contributed by atoms with E-state index in [1.165, 1.54) is 9.13 Å². The molecule has 0 bridgehead atoms. The number of pyridine rings is 1. The topological polar surface area (TPSA) is 95.2 Å². The molecule has 1 N–H and O–H groups in total. The van der Waals surface area contributed by atoms with Crippen molar-refractivity contribution >= 4 is 17.1 Å². The van der Waals surface area contributed by atoms with Gasteiger partial charge in [0.15, 0.2) is 5.65 Å². The molecule has 0 spiro atoms. The third-order valence-electron chi connectivity index (χ3n) is 5.61. The highest BCUT2D eigenvalue weighted by Crippen LogP contribution is 2.14. The van der Waals surface area contributed by atoms with Crippen molar-refractivity contribution in [3.8, 4) is 5.75 Å². The van der Waals surface area contributed by atoms with Gasteiger partial charge in [0.1, 0.15) is 5.75 Å². The molecular weight excluding hydrogens is 444 g/mol. The molecule has 0 aliphatic carbocycles. The predicted octanol–water partition coefficient (Wildman–Crippen LogP) is 3.34. The van der Waals surface area contributed by atoms with Gasteiger partial charge in [0.2, 0.25) is 0 Å². The fourth-order valence-electron chi connectivity index (χ4n) is 3.88. The maximum absolute atomic E-state index is 12.8. The molecule has 4 rings (SSSR count). The summed E-state index contributed by atoms with van der Waals surface area (Å²) in [6.07, 6.45) is 1.71. The predicted molar refractivity (Wildman–Crippen MR) is 135 cm³/mol. The van der Waals surface area contributed by atoms with Crippen LogP contribution in [0.1, 0.15) is 42.3 Å².